The molecule has 0 saturated carbocycles. The predicted molar refractivity (Wildman–Crippen MR) is 105 cm³/mol. The van der Waals surface area contributed by atoms with Crippen molar-refractivity contribution < 1.29 is 4.79 Å². The van der Waals surface area contributed by atoms with E-state index in [1.165, 1.54) is 11.1 Å². The maximum absolute atomic E-state index is 12.2. The molecule has 1 amide bonds. The fourth-order valence-corrected chi connectivity index (χ4v) is 2.78. The Morgan fingerprint density at radius 3 is 2.52 bits per heavy atom. The average molecular weight is 359 g/mol. The molecule has 4 heteroatoms. The molecule has 0 saturated heterocycles. The smallest absolute Gasteiger partial charge is 0.220 e. The first-order chi connectivity index (χ1) is 12.0. The summed E-state index contributed by atoms with van der Waals surface area (Å²) in [4.78, 5) is 14.5. The molecule has 0 unspecified atom stereocenters. The molecule has 134 valence electrons. The minimum atomic E-state index is 0.0620. The van der Waals surface area contributed by atoms with Crippen LogP contribution in [0.2, 0.25) is 5.02 Å². The maximum Gasteiger partial charge on any atom is 0.220 e. The molecule has 0 heterocycles. The normalized spacial score (nSPS) is 11.1. The van der Waals surface area contributed by atoms with Gasteiger partial charge in [-0.25, -0.2) is 0 Å². The Kier molecular flexibility index (Phi) is 7.48. The van der Waals surface area contributed by atoms with E-state index in [0.717, 1.165) is 12.1 Å². The number of hydrogen-bond donors (Lipinski definition) is 1. The van der Waals surface area contributed by atoms with Crippen LogP contribution in [-0.2, 0) is 24.3 Å². The van der Waals surface area contributed by atoms with Crippen molar-refractivity contribution >= 4 is 17.5 Å². The number of nitrogens with zero attached hydrogens (tertiary/aromatic N) is 1. The van der Waals surface area contributed by atoms with E-state index in [1.807, 2.05) is 36.4 Å². The zero-order valence-electron chi connectivity index (χ0n) is 15.3. The van der Waals surface area contributed by atoms with Crippen LogP contribution in [0.3, 0.4) is 0 Å². The van der Waals surface area contributed by atoms with Crippen LogP contribution in [0.5, 0.6) is 0 Å². The van der Waals surface area contributed by atoms with Gasteiger partial charge < -0.3 is 5.32 Å². The van der Waals surface area contributed by atoms with E-state index in [2.05, 4.69) is 43.2 Å². The number of benzene rings is 2. The number of halogens is 1. The monoisotopic (exact) mass is 358 g/mol. The van der Waals surface area contributed by atoms with E-state index in [-0.39, 0.29) is 5.91 Å². The predicted octanol–water partition coefficient (Wildman–Crippen LogP) is 4.43. The summed E-state index contributed by atoms with van der Waals surface area (Å²) in [6.07, 6.45) is 1.17. The zero-order valence-corrected chi connectivity index (χ0v) is 16.0. The number of carbonyl (C=O) groups is 1. The molecule has 1 N–H and O–H groups in total. The zero-order chi connectivity index (χ0) is 18.2. The Bertz CT molecular complexity index is 700. The maximum atomic E-state index is 12.2. The van der Waals surface area contributed by atoms with Gasteiger partial charge in [0, 0.05) is 30.6 Å². The Hall–Kier alpha value is -1.84. The highest BCUT2D eigenvalue weighted by Crippen LogP contribution is 2.14. The summed E-state index contributed by atoms with van der Waals surface area (Å²) in [6.45, 7) is 5.81. The number of rotatable bonds is 8. The van der Waals surface area contributed by atoms with Gasteiger partial charge in [-0.2, -0.15) is 0 Å². The van der Waals surface area contributed by atoms with Crippen LogP contribution in [0.4, 0.5) is 0 Å². The SMILES string of the molecule is CC(C)N(C)Cc1ccccc1CNC(=O)CCc1cccc(Cl)c1. The number of hydrogen-bond acceptors (Lipinski definition) is 2. The standard InChI is InChI=1S/C21H27ClN2O/c1-16(2)24(3)15-19-9-5-4-8-18(19)14-23-21(25)12-11-17-7-6-10-20(22)13-17/h4-10,13,16H,11-12,14-15H2,1-3H3,(H,23,25). The third kappa shape index (κ3) is 6.52. The Labute approximate surface area is 156 Å². The Morgan fingerprint density at radius 1 is 1.12 bits per heavy atom. The second-order valence-corrected chi connectivity index (χ2v) is 7.12. The van der Waals surface area contributed by atoms with Gasteiger partial charge in [0.2, 0.25) is 5.91 Å². The molecule has 2 aromatic rings. The van der Waals surface area contributed by atoms with E-state index < -0.39 is 0 Å². The summed E-state index contributed by atoms with van der Waals surface area (Å²) < 4.78 is 0. The summed E-state index contributed by atoms with van der Waals surface area (Å²) >= 11 is 5.98. The van der Waals surface area contributed by atoms with E-state index in [1.54, 1.807) is 0 Å². The quantitative estimate of drug-likeness (QED) is 0.757. The lowest BCUT2D eigenvalue weighted by atomic mass is 10.1. The van der Waals surface area contributed by atoms with Gasteiger partial charge in [0.25, 0.3) is 0 Å². The molecule has 0 aliphatic carbocycles. The minimum absolute atomic E-state index is 0.0620. The van der Waals surface area contributed by atoms with Gasteiger partial charge in [-0.05, 0) is 56.1 Å². The first-order valence-electron chi connectivity index (χ1n) is 8.74. The van der Waals surface area contributed by atoms with Gasteiger partial charge in [-0.15, -0.1) is 0 Å². The summed E-state index contributed by atoms with van der Waals surface area (Å²) in [6, 6.07) is 16.4. The fourth-order valence-electron chi connectivity index (χ4n) is 2.57. The first-order valence-corrected chi connectivity index (χ1v) is 9.11. The summed E-state index contributed by atoms with van der Waals surface area (Å²) in [7, 11) is 2.12. The van der Waals surface area contributed by atoms with E-state index in [9.17, 15) is 4.79 Å². The Morgan fingerprint density at radius 2 is 1.84 bits per heavy atom. The molecule has 2 aromatic carbocycles. The molecule has 0 radical (unpaired) electrons. The highest BCUT2D eigenvalue weighted by Gasteiger charge is 2.09. The van der Waals surface area contributed by atoms with Crippen molar-refractivity contribution in [1.29, 1.82) is 0 Å². The molecule has 0 spiro atoms. The van der Waals surface area contributed by atoms with Crippen molar-refractivity contribution in [1.82, 2.24) is 10.2 Å². The number of amides is 1. The lowest BCUT2D eigenvalue weighted by Gasteiger charge is -2.22. The number of carbonyl (C=O) groups excluding carboxylic acids is 1. The largest absolute Gasteiger partial charge is 0.352 e. The van der Waals surface area contributed by atoms with Crippen molar-refractivity contribution in [2.24, 2.45) is 0 Å². The lowest BCUT2D eigenvalue weighted by molar-refractivity contribution is -0.121. The van der Waals surface area contributed by atoms with Gasteiger partial charge in [0.1, 0.15) is 0 Å². The molecular weight excluding hydrogens is 332 g/mol. The molecule has 2 rings (SSSR count). The molecule has 0 aliphatic rings. The minimum Gasteiger partial charge on any atom is -0.352 e. The highest BCUT2D eigenvalue weighted by molar-refractivity contribution is 6.30. The number of aryl methyl sites for hydroxylation is 1. The molecule has 25 heavy (non-hydrogen) atoms. The third-order valence-electron chi connectivity index (χ3n) is 4.43. The molecule has 0 atom stereocenters. The Balaban J connectivity index is 1.87. The van der Waals surface area contributed by atoms with Gasteiger partial charge in [0.15, 0.2) is 0 Å². The first kappa shape index (κ1) is 19.5. The molecule has 0 fully saturated rings. The van der Waals surface area contributed by atoms with Crippen LogP contribution in [0.15, 0.2) is 48.5 Å². The van der Waals surface area contributed by atoms with Gasteiger partial charge in [0.05, 0.1) is 0 Å². The van der Waals surface area contributed by atoms with Crippen LogP contribution >= 0.6 is 11.6 Å². The summed E-state index contributed by atoms with van der Waals surface area (Å²) in [5, 5.41) is 3.75. The second-order valence-electron chi connectivity index (χ2n) is 6.68. The molecule has 0 aliphatic heterocycles. The van der Waals surface area contributed by atoms with Crippen molar-refractivity contribution in [3.05, 3.63) is 70.2 Å². The van der Waals surface area contributed by atoms with Crippen molar-refractivity contribution in [3.63, 3.8) is 0 Å². The molecule has 0 bridgehead atoms. The molecule has 0 aromatic heterocycles. The number of nitrogens with one attached hydrogen (secondary N) is 1. The highest BCUT2D eigenvalue weighted by atomic mass is 35.5. The summed E-state index contributed by atoms with van der Waals surface area (Å²) in [5.41, 5.74) is 3.52. The van der Waals surface area contributed by atoms with Crippen LogP contribution in [0, 0.1) is 0 Å². The fraction of sp³-hybridized carbons (Fsp3) is 0.381. The third-order valence-corrected chi connectivity index (χ3v) is 4.66. The van der Waals surface area contributed by atoms with E-state index in [4.69, 9.17) is 11.6 Å². The average Bonchev–Trinajstić information content (AvgIpc) is 2.59. The van der Waals surface area contributed by atoms with Crippen molar-refractivity contribution in [3.8, 4) is 0 Å². The van der Waals surface area contributed by atoms with Crippen LogP contribution in [0.25, 0.3) is 0 Å². The summed E-state index contributed by atoms with van der Waals surface area (Å²) in [5.74, 6) is 0.0620. The van der Waals surface area contributed by atoms with Crippen molar-refractivity contribution in [2.75, 3.05) is 7.05 Å². The van der Waals surface area contributed by atoms with Gasteiger partial charge >= 0.3 is 0 Å². The van der Waals surface area contributed by atoms with Gasteiger partial charge in [-0.1, -0.05) is 48.0 Å². The van der Waals surface area contributed by atoms with Gasteiger partial charge in [-0.3, -0.25) is 9.69 Å². The van der Waals surface area contributed by atoms with E-state index in [0.29, 0.717) is 30.5 Å². The van der Waals surface area contributed by atoms with Crippen LogP contribution in [0.1, 0.15) is 37.0 Å². The van der Waals surface area contributed by atoms with Crippen molar-refractivity contribution in [2.45, 2.75) is 45.8 Å². The van der Waals surface area contributed by atoms with E-state index >= 15 is 0 Å². The lowest BCUT2D eigenvalue weighted by Crippen LogP contribution is -2.27. The topological polar surface area (TPSA) is 32.3 Å². The molecule has 3 nitrogen and oxygen atoms in total. The van der Waals surface area contributed by atoms with Crippen LogP contribution < -0.4 is 5.32 Å². The van der Waals surface area contributed by atoms with Crippen LogP contribution in [-0.4, -0.2) is 23.9 Å². The second kappa shape index (κ2) is 9.59. The molecular formula is C21H27ClN2O.